The van der Waals surface area contributed by atoms with Crippen LogP contribution in [0.5, 0.6) is 0 Å². The Bertz CT molecular complexity index is 97.1. The van der Waals surface area contributed by atoms with Crippen molar-refractivity contribution in [3.8, 4) is 0 Å². The van der Waals surface area contributed by atoms with Crippen LogP contribution >= 0.6 is 0 Å². The molecule has 0 aliphatic carbocycles. The van der Waals surface area contributed by atoms with E-state index in [4.69, 9.17) is 5.11 Å². The zero-order valence-electron chi connectivity index (χ0n) is 6.22. The van der Waals surface area contributed by atoms with Gasteiger partial charge in [-0.2, -0.15) is 0 Å². The van der Waals surface area contributed by atoms with E-state index in [1.54, 1.807) is 20.8 Å². The van der Waals surface area contributed by atoms with Crippen molar-refractivity contribution in [1.82, 2.24) is 0 Å². The Morgan fingerprint density at radius 1 is 1.56 bits per heavy atom. The van der Waals surface area contributed by atoms with Gasteiger partial charge in [-0.25, -0.2) is 0 Å². The fraction of sp³-hybridized carbons (Fsp3) is 0.857. The molecule has 0 aliphatic heterocycles. The quantitative estimate of drug-likeness (QED) is 0.618. The molecule has 0 aliphatic rings. The molecule has 0 saturated heterocycles. The maximum atomic E-state index is 10.8. The van der Waals surface area contributed by atoms with Crippen molar-refractivity contribution in [2.24, 2.45) is 5.92 Å². The molecule has 0 aromatic carbocycles. The van der Waals surface area contributed by atoms with Crippen LogP contribution in [0.1, 0.15) is 27.2 Å². The molecule has 0 rings (SSSR count). The second-order valence-corrected chi connectivity index (χ2v) is 2.48. The van der Waals surface area contributed by atoms with Crippen molar-refractivity contribution in [1.29, 1.82) is 0 Å². The molecule has 0 fully saturated rings. The molecule has 0 aromatic rings. The number of carbonyl (C=O) groups is 1. The summed E-state index contributed by atoms with van der Waals surface area (Å²) in [6, 6.07) is 0. The molecule has 2 nitrogen and oxygen atoms in total. The van der Waals surface area contributed by atoms with Crippen molar-refractivity contribution in [3.63, 3.8) is 0 Å². The lowest BCUT2D eigenvalue weighted by molar-refractivity contribution is -0.130. The van der Waals surface area contributed by atoms with Gasteiger partial charge in [-0.05, 0) is 6.42 Å². The minimum absolute atomic E-state index is 0.0417. The van der Waals surface area contributed by atoms with E-state index in [1.165, 1.54) is 0 Å². The summed E-state index contributed by atoms with van der Waals surface area (Å²) in [5.41, 5.74) is 0. The van der Waals surface area contributed by atoms with E-state index in [1.807, 2.05) is 0 Å². The lowest BCUT2D eigenvalue weighted by Crippen LogP contribution is -2.23. The van der Waals surface area contributed by atoms with Gasteiger partial charge in [0.15, 0.2) is 5.78 Å². The van der Waals surface area contributed by atoms with E-state index in [0.29, 0.717) is 6.42 Å². The molecule has 2 heteroatoms. The number of hydrogen-bond donors (Lipinski definition) is 1. The number of rotatable bonds is 3. The second-order valence-electron chi connectivity index (χ2n) is 2.48. The summed E-state index contributed by atoms with van der Waals surface area (Å²) in [4.78, 5) is 10.8. The van der Waals surface area contributed by atoms with Gasteiger partial charge in [0.1, 0.15) is 6.10 Å². The molecule has 0 heterocycles. The average molecular weight is 130 g/mol. The van der Waals surface area contributed by atoms with Gasteiger partial charge in [-0.3, -0.25) is 4.79 Å². The van der Waals surface area contributed by atoms with Gasteiger partial charge in [-0.15, -0.1) is 0 Å². The number of hydrogen-bond acceptors (Lipinski definition) is 2. The topological polar surface area (TPSA) is 37.3 Å². The average Bonchev–Trinajstić information content (AvgIpc) is 1.84. The number of Topliss-reactive ketones (excluding diaryl/α,β-unsaturated/α-hetero) is 1. The fourth-order valence-electron chi connectivity index (χ4n) is 0.586. The summed E-state index contributed by atoms with van der Waals surface area (Å²) in [6.07, 6.45) is -0.221. The highest BCUT2D eigenvalue weighted by molar-refractivity contribution is 5.84. The van der Waals surface area contributed by atoms with Crippen molar-refractivity contribution >= 4 is 5.78 Å². The van der Waals surface area contributed by atoms with E-state index in [-0.39, 0.29) is 11.7 Å². The molecule has 0 saturated carbocycles. The minimum atomic E-state index is -0.745. The van der Waals surface area contributed by atoms with E-state index >= 15 is 0 Å². The number of aliphatic hydroxyl groups excluding tert-OH is 1. The van der Waals surface area contributed by atoms with E-state index in [9.17, 15) is 4.79 Å². The normalized spacial score (nSPS) is 13.9. The van der Waals surface area contributed by atoms with Crippen LogP contribution in [-0.2, 0) is 4.79 Å². The molecule has 0 radical (unpaired) electrons. The maximum Gasteiger partial charge on any atom is 0.163 e. The molecule has 0 unspecified atom stereocenters. The maximum absolute atomic E-state index is 10.8. The molecule has 0 aromatic heterocycles. The summed E-state index contributed by atoms with van der Waals surface area (Å²) in [7, 11) is 0. The third-order valence-electron chi connectivity index (χ3n) is 1.28. The molecular weight excluding hydrogens is 116 g/mol. The SMILES string of the molecule is CC[C@H](O)C(=O)C(C)C. The number of ketones is 1. The fourth-order valence-corrected chi connectivity index (χ4v) is 0.586. The van der Waals surface area contributed by atoms with Gasteiger partial charge in [-0.1, -0.05) is 20.8 Å². The van der Waals surface area contributed by atoms with Crippen LogP contribution in [0.25, 0.3) is 0 Å². The summed E-state index contributed by atoms with van der Waals surface area (Å²) in [5, 5.41) is 8.95. The van der Waals surface area contributed by atoms with Gasteiger partial charge >= 0.3 is 0 Å². The van der Waals surface area contributed by atoms with Crippen molar-refractivity contribution in [2.75, 3.05) is 0 Å². The van der Waals surface area contributed by atoms with Crippen molar-refractivity contribution in [3.05, 3.63) is 0 Å². The van der Waals surface area contributed by atoms with Crippen LogP contribution in [0.3, 0.4) is 0 Å². The third kappa shape index (κ3) is 2.61. The van der Waals surface area contributed by atoms with Gasteiger partial charge in [0, 0.05) is 5.92 Å². The standard InChI is InChI=1S/C7H14O2/c1-4-6(8)7(9)5(2)3/h5-6,8H,4H2,1-3H3/t6-/m0/s1. The zero-order valence-corrected chi connectivity index (χ0v) is 6.22. The Balaban J connectivity index is 3.73. The van der Waals surface area contributed by atoms with E-state index < -0.39 is 6.10 Å². The molecule has 1 atom stereocenters. The molecule has 0 bridgehead atoms. The first-order valence-corrected chi connectivity index (χ1v) is 3.31. The lowest BCUT2D eigenvalue weighted by Gasteiger charge is -2.07. The van der Waals surface area contributed by atoms with Gasteiger partial charge in [0.25, 0.3) is 0 Å². The Morgan fingerprint density at radius 2 is 2.00 bits per heavy atom. The van der Waals surface area contributed by atoms with Gasteiger partial charge in [0.05, 0.1) is 0 Å². The Labute approximate surface area is 55.9 Å². The Morgan fingerprint density at radius 3 is 2.11 bits per heavy atom. The van der Waals surface area contributed by atoms with E-state index in [2.05, 4.69) is 0 Å². The van der Waals surface area contributed by atoms with Crippen LogP contribution in [0.15, 0.2) is 0 Å². The third-order valence-corrected chi connectivity index (χ3v) is 1.28. The summed E-state index contributed by atoms with van der Waals surface area (Å²) in [5.74, 6) is -0.0996. The summed E-state index contributed by atoms with van der Waals surface area (Å²) in [6.45, 7) is 5.38. The molecule has 9 heavy (non-hydrogen) atoms. The Kier molecular flexibility index (Phi) is 3.47. The van der Waals surface area contributed by atoms with Crippen LogP contribution in [0.4, 0.5) is 0 Å². The van der Waals surface area contributed by atoms with Crippen molar-refractivity contribution in [2.45, 2.75) is 33.3 Å². The first kappa shape index (κ1) is 8.63. The van der Waals surface area contributed by atoms with Crippen LogP contribution in [-0.4, -0.2) is 17.0 Å². The minimum Gasteiger partial charge on any atom is -0.385 e. The molecule has 0 spiro atoms. The first-order chi connectivity index (χ1) is 4.09. The van der Waals surface area contributed by atoms with Crippen LogP contribution in [0, 0.1) is 5.92 Å². The Hall–Kier alpha value is -0.370. The highest BCUT2D eigenvalue weighted by atomic mass is 16.3. The highest BCUT2D eigenvalue weighted by Crippen LogP contribution is 2.01. The number of carbonyl (C=O) groups excluding carboxylic acids is 1. The predicted molar refractivity (Wildman–Crippen MR) is 36.1 cm³/mol. The zero-order chi connectivity index (χ0) is 7.44. The summed E-state index contributed by atoms with van der Waals surface area (Å²) >= 11 is 0. The highest BCUT2D eigenvalue weighted by Gasteiger charge is 2.15. The van der Waals surface area contributed by atoms with Crippen LogP contribution < -0.4 is 0 Å². The smallest absolute Gasteiger partial charge is 0.163 e. The van der Waals surface area contributed by atoms with E-state index in [0.717, 1.165) is 0 Å². The van der Waals surface area contributed by atoms with Crippen molar-refractivity contribution < 1.29 is 9.90 Å². The molecule has 54 valence electrons. The molecule has 1 N–H and O–H groups in total. The van der Waals surface area contributed by atoms with Gasteiger partial charge < -0.3 is 5.11 Å². The number of aliphatic hydroxyl groups is 1. The van der Waals surface area contributed by atoms with Gasteiger partial charge in [0.2, 0.25) is 0 Å². The largest absolute Gasteiger partial charge is 0.385 e. The second kappa shape index (κ2) is 3.62. The first-order valence-electron chi connectivity index (χ1n) is 3.31. The lowest BCUT2D eigenvalue weighted by atomic mass is 10.0. The monoisotopic (exact) mass is 130 g/mol. The van der Waals surface area contributed by atoms with Crippen LogP contribution in [0.2, 0.25) is 0 Å². The summed E-state index contributed by atoms with van der Waals surface area (Å²) < 4.78 is 0. The predicted octanol–water partition coefficient (Wildman–Crippen LogP) is 0.982. The molecular formula is C7H14O2. The molecule has 0 amide bonds.